The largest absolute Gasteiger partial charge is 0.503 e. The summed E-state index contributed by atoms with van der Waals surface area (Å²) in [5.74, 6) is -1.07. The third-order valence-corrected chi connectivity index (χ3v) is 7.29. The number of fused-ring (bicyclic) bond motifs is 2. The number of azo groups is 1. The van der Waals surface area contributed by atoms with E-state index >= 15 is 0 Å². The molecule has 1 aliphatic carbocycles. The highest BCUT2D eigenvalue weighted by Gasteiger charge is 2.33. The van der Waals surface area contributed by atoms with Crippen molar-refractivity contribution >= 4 is 40.2 Å². The van der Waals surface area contributed by atoms with E-state index in [1.807, 2.05) is 6.92 Å². The molecule has 1 aromatic heterocycles. The van der Waals surface area contributed by atoms with Crippen LogP contribution in [0.4, 0.5) is 17.1 Å². The number of halogens is 1. The van der Waals surface area contributed by atoms with Crippen molar-refractivity contribution in [2.45, 2.75) is 53.0 Å². The van der Waals surface area contributed by atoms with Gasteiger partial charge < -0.3 is 5.11 Å². The third-order valence-electron chi connectivity index (χ3n) is 6.98. The first-order valence-corrected chi connectivity index (χ1v) is 12.9. The molecule has 38 heavy (non-hydrogen) atoms. The Morgan fingerprint density at radius 1 is 1.03 bits per heavy atom. The van der Waals surface area contributed by atoms with E-state index in [-0.39, 0.29) is 74.0 Å². The van der Waals surface area contributed by atoms with Crippen LogP contribution in [0.1, 0.15) is 76.9 Å². The second kappa shape index (κ2) is 11.1. The number of benzene rings is 2. The standard InChI is InChI=1S/C29H27ClN4O4/c1-5-7-10-17(6-2)15-34-28(37)24(31-4)16(3)25(29(34)38)33-32-21-14-9-12-19-23(21)27(36)22-18(26(19)35)11-8-13-20(22)30/h8-9,11-14,17,37H,5-7,10,15H2,1-3H3. The highest BCUT2D eigenvalue weighted by molar-refractivity contribution is 6.39. The molecular weight excluding hydrogens is 504 g/mol. The van der Waals surface area contributed by atoms with Gasteiger partial charge in [-0.1, -0.05) is 69.0 Å². The van der Waals surface area contributed by atoms with E-state index in [2.05, 4.69) is 22.0 Å². The van der Waals surface area contributed by atoms with Crippen LogP contribution in [-0.2, 0) is 6.54 Å². The molecule has 1 heterocycles. The summed E-state index contributed by atoms with van der Waals surface area (Å²) in [6.45, 7) is 13.4. The molecular formula is C29H27ClN4O4. The lowest BCUT2D eigenvalue weighted by Gasteiger charge is -2.20. The summed E-state index contributed by atoms with van der Waals surface area (Å²) in [4.78, 5) is 43.4. The Hall–Kier alpha value is -4.09. The van der Waals surface area contributed by atoms with Gasteiger partial charge in [0.1, 0.15) is 5.69 Å². The molecule has 2 aromatic carbocycles. The monoisotopic (exact) mass is 530 g/mol. The van der Waals surface area contributed by atoms with E-state index in [0.717, 1.165) is 25.7 Å². The van der Waals surface area contributed by atoms with E-state index in [4.69, 9.17) is 18.2 Å². The first-order valence-electron chi connectivity index (χ1n) is 12.5. The molecule has 9 heteroatoms. The maximum atomic E-state index is 13.4. The molecule has 0 saturated carbocycles. The van der Waals surface area contributed by atoms with Crippen molar-refractivity contribution in [3.8, 4) is 5.88 Å². The second-order valence-electron chi connectivity index (χ2n) is 9.31. The van der Waals surface area contributed by atoms with E-state index < -0.39 is 11.3 Å². The minimum Gasteiger partial charge on any atom is -0.503 e. The van der Waals surface area contributed by atoms with Crippen molar-refractivity contribution in [2.75, 3.05) is 0 Å². The van der Waals surface area contributed by atoms with Gasteiger partial charge in [-0.05, 0) is 37.0 Å². The van der Waals surface area contributed by atoms with Crippen LogP contribution in [0.5, 0.6) is 5.88 Å². The summed E-state index contributed by atoms with van der Waals surface area (Å²) in [5.41, 5.74) is 0.0667. The average Bonchev–Trinajstić information content (AvgIpc) is 2.91. The summed E-state index contributed by atoms with van der Waals surface area (Å²) in [6, 6.07) is 9.35. The zero-order chi connectivity index (χ0) is 27.6. The van der Waals surface area contributed by atoms with E-state index in [0.29, 0.717) is 0 Å². The van der Waals surface area contributed by atoms with E-state index in [9.17, 15) is 19.5 Å². The van der Waals surface area contributed by atoms with Gasteiger partial charge in [0.2, 0.25) is 5.69 Å². The number of carbonyl (C=O) groups is 2. The van der Waals surface area contributed by atoms with E-state index in [1.165, 1.54) is 23.6 Å². The Kier molecular flexibility index (Phi) is 7.88. The summed E-state index contributed by atoms with van der Waals surface area (Å²) in [7, 11) is 0. The molecule has 8 nitrogen and oxygen atoms in total. The Morgan fingerprint density at radius 2 is 1.71 bits per heavy atom. The van der Waals surface area contributed by atoms with Crippen LogP contribution in [0.25, 0.3) is 4.85 Å². The Bertz CT molecular complexity index is 1580. The van der Waals surface area contributed by atoms with Gasteiger partial charge in [0, 0.05) is 17.7 Å². The number of hydrogen-bond acceptors (Lipinski definition) is 6. The quantitative estimate of drug-likeness (QED) is 0.188. The number of aromatic nitrogens is 1. The number of rotatable bonds is 8. The summed E-state index contributed by atoms with van der Waals surface area (Å²) < 4.78 is 1.18. The molecule has 0 saturated heterocycles. The number of aromatic hydroxyl groups is 1. The molecule has 4 rings (SSSR count). The van der Waals surface area contributed by atoms with Gasteiger partial charge in [-0.15, -0.1) is 10.2 Å². The predicted molar refractivity (Wildman–Crippen MR) is 146 cm³/mol. The summed E-state index contributed by atoms with van der Waals surface area (Å²) in [5, 5.41) is 19.3. The van der Waals surface area contributed by atoms with Gasteiger partial charge in [-0.2, -0.15) is 0 Å². The van der Waals surface area contributed by atoms with Gasteiger partial charge in [0.25, 0.3) is 5.56 Å². The first kappa shape index (κ1) is 27.0. The second-order valence-corrected chi connectivity index (χ2v) is 9.72. The van der Waals surface area contributed by atoms with Gasteiger partial charge in [-0.3, -0.25) is 19.0 Å². The number of nitrogens with zero attached hydrogens (tertiary/aromatic N) is 4. The van der Waals surface area contributed by atoms with Crippen LogP contribution >= 0.6 is 11.6 Å². The SMILES string of the molecule is [C-]#[N+]c1c(C)c(N=Nc2cccc3c2C(=O)c2c(Cl)cccc2C3=O)c(=O)n(CC(CC)CCCC)c1O. The molecule has 0 bridgehead atoms. The number of carbonyl (C=O) groups excluding carboxylic acids is 2. The molecule has 0 aliphatic heterocycles. The summed E-state index contributed by atoms with van der Waals surface area (Å²) in [6.07, 6.45) is 3.69. The van der Waals surface area contributed by atoms with Crippen molar-refractivity contribution in [2.24, 2.45) is 16.1 Å². The smallest absolute Gasteiger partial charge is 0.279 e. The molecule has 194 valence electrons. The lowest BCUT2D eigenvalue weighted by Crippen LogP contribution is -2.24. The minimum absolute atomic E-state index is 0.0506. The number of unbranched alkanes of at least 4 members (excludes halogenated alkanes) is 1. The fourth-order valence-corrected chi connectivity index (χ4v) is 5.02. The predicted octanol–water partition coefficient (Wildman–Crippen LogP) is 7.47. The van der Waals surface area contributed by atoms with Crippen LogP contribution in [0.3, 0.4) is 0 Å². The lowest BCUT2D eigenvalue weighted by molar-refractivity contribution is 0.0979. The van der Waals surface area contributed by atoms with Crippen LogP contribution in [0.15, 0.2) is 51.4 Å². The molecule has 1 N–H and O–H groups in total. The zero-order valence-electron chi connectivity index (χ0n) is 21.4. The first-order chi connectivity index (χ1) is 18.2. The van der Waals surface area contributed by atoms with Gasteiger partial charge in [0.15, 0.2) is 17.4 Å². The van der Waals surface area contributed by atoms with Gasteiger partial charge in [0.05, 0.1) is 28.4 Å². The maximum Gasteiger partial charge on any atom is 0.279 e. The Balaban J connectivity index is 1.82. The molecule has 0 spiro atoms. The van der Waals surface area contributed by atoms with Crippen molar-refractivity contribution in [3.05, 3.63) is 91.0 Å². The Labute approximate surface area is 225 Å². The lowest BCUT2D eigenvalue weighted by atomic mass is 9.83. The van der Waals surface area contributed by atoms with Crippen LogP contribution < -0.4 is 5.56 Å². The minimum atomic E-state index is -0.577. The van der Waals surface area contributed by atoms with Gasteiger partial charge in [-0.25, -0.2) is 4.85 Å². The zero-order valence-corrected chi connectivity index (χ0v) is 22.2. The topological polar surface area (TPSA) is 105 Å². The van der Waals surface area contributed by atoms with Crippen LogP contribution in [-0.4, -0.2) is 21.2 Å². The highest BCUT2D eigenvalue weighted by Crippen LogP contribution is 2.38. The molecule has 0 radical (unpaired) electrons. The maximum absolute atomic E-state index is 13.4. The average molecular weight is 531 g/mol. The van der Waals surface area contributed by atoms with Crippen LogP contribution in [0, 0.1) is 19.4 Å². The molecule has 0 fully saturated rings. The number of ketones is 2. The van der Waals surface area contributed by atoms with Crippen molar-refractivity contribution in [3.63, 3.8) is 0 Å². The third kappa shape index (κ3) is 4.66. The van der Waals surface area contributed by atoms with E-state index in [1.54, 1.807) is 24.3 Å². The van der Waals surface area contributed by atoms with Crippen molar-refractivity contribution in [1.82, 2.24) is 4.57 Å². The molecule has 1 unspecified atom stereocenters. The highest BCUT2D eigenvalue weighted by atomic mass is 35.5. The van der Waals surface area contributed by atoms with Crippen molar-refractivity contribution in [1.29, 1.82) is 0 Å². The summed E-state index contributed by atoms with van der Waals surface area (Å²) >= 11 is 6.26. The van der Waals surface area contributed by atoms with Crippen LogP contribution in [0.2, 0.25) is 5.02 Å². The normalized spacial score (nSPS) is 13.3. The molecule has 0 amide bonds. The van der Waals surface area contributed by atoms with Gasteiger partial charge >= 0.3 is 0 Å². The number of hydrogen-bond donors (Lipinski definition) is 1. The Morgan fingerprint density at radius 3 is 2.37 bits per heavy atom. The fraction of sp³-hybridized carbons (Fsp3) is 0.310. The molecule has 3 aromatic rings. The number of pyridine rings is 1. The van der Waals surface area contributed by atoms with Crippen molar-refractivity contribution < 1.29 is 14.7 Å². The molecule has 1 atom stereocenters. The molecule has 1 aliphatic rings. The fourth-order valence-electron chi connectivity index (χ4n) is 4.76.